The largest absolute Gasteiger partial charge is 0.381 e. The molecule has 0 spiro atoms. The van der Waals surface area contributed by atoms with Gasteiger partial charge in [0.25, 0.3) is 0 Å². The monoisotopic (exact) mass is 382 g/mol. The van der Waals surface area contributed by atoms with Gasteiger partial charge < -0.3 is 25.0 Å². The molecule has 3 saturated heterocycles. The summed E-state index contributed by atoms with van der Waals surface area (Å²) in [6.45, 7) is 12.4. The average molecular weight is 383 g/mol. The molecule has 3 heterocycles. The molecule has 0 bridgehead atoms. The molecule has 2 atom stereocenters. The van der Waals surface area contributed by atoms with Crippen LogP contribution in [0.25, 0.3) is 0 Å². The Morgan fingerprint density at radius 3 is 2.52 bits per heavy atom. The van der Waals surface area contributed by atoms with Crippen LogP contribution in [0, 0.1) is 11.8 Å². The van der Waals surface area contributed by atoms with Gasteiger partial charge in [-0.25, -0.2) is 4.79 Å². The number of morpholine rings is 1. The summed E-state index contributed by atoms with van der Waals surface area (Å²) in [5, 5.41) is 6.13. The lowest BCUT2D eigenvalue weighted by Gasteiger charge is -2.37. The molecule has 27 heavy (non-hydrogen) atoms. The number of urea groups is 1. The van der Waals surface area contributed by atoms with Crippen molar-refractivity contribution >= 4 is 6.03 Å². The van der Waals surface area contributed by atoms with Crippen molar-refractivity contribution in [2.24, 2.45) is 11.8 Å². The smallest absolute Gasteiger partial charge is 0.314 e. The Hall–Kier alpha value is -0.890. The minimum atomic E-state index is -0.0422. The zero-order valence-electron chi connectivity index (χ0n) is 17.0. The highest BCUT2D eigenvalue weighted by atomic mass is 16.5. The Labute approximate surface area is 164 Å². The van der Waals surface area contributed by atoms with Crippen LogP contribution in [0.1, 0.15) is 32.6 Å². The van der Waals surface area contributed by atoms with Crippen LogP contribution in [0.5, 0.6) is 0 Å². The van der Waals surface area contributed by atoms with Crippen molar-refractivity contribution in [2.75, 3.05) is 72.2 Å². The number of hydrogen-bond donors (Lipinski definition) is 2. The second-order valence-corrected chi connectivity index (χ2v) is 8.35. The first-order chi connectivity index (χ1) is 13.2. The van der Waals surface area contributed by atoms with E-state index in [0.717, 1.165) is 71.4 Å². The van der Waals surface area contributed by atoms with E-state index in [0.29, 0.717) is 18.5 Å². The zero-order chi connectivity index (χ0) is 18.9. The van der Waals surface area contributed by atoms with E-state index >= 15 is 0 Å². The fourth-order valence-electron chi connectivity index (χ4n) is 4.41. The van der Waals surface area contributed by atoms with Gasteiger partial charge in [-0.05, 0) is 51.2 Å². The molecule has 3 aliphatic rings. The lowest BCUT2D eigenvalue weighted by molar-refractivity contribution is 0.00212. The first-order valence-electron chi connectivity index (χ1n) is 10.9. The number of likely N-dealkylation sites (tertiary alicyclic amines) is 1. The Bertz CT molecular complexity index is 431. The normalized spacial score (nSPS) is 26.8. The Kier molecular flexibility index (Phi) is 8.64. The summed E-state index contributed by atoms with van der Waals surface area (Å²) in [4.78, 5) is 17.2. The van der Waals surface area contributed by atoms with Gasteiger partial charge in [0.05, 0.1) is 19.8 Å². The van der Waals surface area contributed by atoms with Crippen molar-refractivity contribution in [3.05, 3.63) is 0 Å². The Morgan fingerprint density at radius 1 is 1.04 bits per heavy atom. The highest BCUT2D eigenvalue weighted by molar-refractivity contribution is 5.73. The molecule has 0 aromatic rings. The van der Waals surface area contributed by atoms with Crippen LogP contribution in [-0.4, -0.2) is 94.1 Å². The molecule has 2 N–H and O–H groups in total. The molecule has 7 nitrogen and oxygen atoms in total. The van der Waals surface area contributed by atoms with E-state index in [1.807, 2.05) is 0 Å². The van der Waals surface area contributed by atoms with E-state index in [1.54, 1.807) is 0 Å². The summed E-state index contributed by atoms with van der Waals surface area (Å²) >= 11 is 0. The molecule has 0 aromatic carbocycles. The molecular weight excluding hydrogens is 344 g/mol. The first kappa shape index (κ1) is 20.8. The van der Waals surface area contributed by atoms with Gasteiger partial charge in [-0.15, -0.1) is 0 Å². The van der Waals surface area contributed by atoms with Crippen LogP contribution in [0.3, 0.4) is 0 Å². The third-order valence-corrected chi connectivity index (χ3v) is 6.31. The molecule has 3 rings (SSSR count). The molecule has 2 amide bonds. The van der Waals surface area contributed by atoms with Gasteiger partial charge in [-0.2, -0.15) is 0 Å². The summed E-state index contributed by atoms with van der Waals surface area (Å²) in [6.07, 6.45) is 4.72. The standard InChI is InChI=1S/C20H38N4O3/c1-17-3-8-23(9-4-17)7-2-6-21-20(25)22-15-19(18-5-12-27-16-18)24-10-13-26-14-11-24/h17-19H,2-16H2,1H3,(H2,21,22,25). The highest BCUT2D eigenvalue weighted by Crippen LogP contribution is 2.21. The molecule has 0 saturated carbocycles. The van der Waals surface area contributed by atoms with Crippen LogP contribution >= 0.6 is 0 Å². The number of rotatable bonds is 8. The SMILES string of the molecule is CC1CCN(CCCNC(=O)NCC(C2CCOC2)N2CCOCC2)CC1. The van der Waals surface area contributed by atoms with E-state index in [-0.39, 0.29) is 6.03 Å². The maximum absolute atomic E-state index is 12.2. The van der Waals surface area contributed by atoms with Gasteiger partial charge in [-0.3, -0.25) is 4.90 Å². The minimum absolute atomic E-state index is 0.0422. The summed E-state index contributed by atoms with van der Waals surface area (Å²) in [6, 6.07) is 0.303. The number of amides is 2. The lowest BCUT2D eigenvalue weighted by atomic mass is 9.97. The first-order valence-corrected chi connectivity index (χ1v) is 10.9. The van der Waals surface area contributed by atoms with Crippen molar-refractivity contribution in [2.45, 2.75) is 38.6 Å². The lowest BCUT2D eigenvalue weighted by Crippen LogP contribution is -2.53. The van der Waals surface area contributed by atoms with Crippen LogP contribution in [-0.2, 0) is 9.47 Å². The molecule has 0 radical (unpaired) electrons. The van der Waals surface area contributed by atoms with Crippen LogP contribution in [0.15, 0.2) is 0 Å². The topological polar surface area (TPSA) is 66.1 Å². The number of hydrogen-bond acceptors (Lipinski definition) is 5. The molecule has 2 unspecified atom stereocenters. The van der Waals surface area contributed by atoms with E-state index < -0.39 is 0 Å². The molecule has 3 fully saturated rings. The second kappa shape index (κ2) is 11.2. The van der Waals surface area contributed by atoms with E-state index in [1.165, 1.54) is 25.9 Å². The van der Waals surface area contributed by atoms with Crippen LogP contribution in [0.2, 0.25) is 0 Å². The number of carbonyl (C=O) groups is 1. The molecule has 7 heteroatoms. The van der Waals surface area contributed by atoms with Crippen molar-refractivity contribution in [3.8, 4) is 0 Å². The maximum Gasteiger partial charge on any atom is 0.314 e. The van der Waals surface area contributed by atoms with Crippen molar-refractivity contribution < 1.29 is 14.3 Å². The van der Waals surface area contributed by atoms with Gasteiger partial charge >= 0.3 is 6.03 Å². The maximum atomic E-state index is 12.2. The fraction of sp³-hybridized carbons (Fsp3) is 0.950. The highest BCUT2D eigenvalue weighted by Gasteiger charge is 2.31. The van der Waals surface area contributed by atoms with Gasteiger partial charge in [0.1, 0.15) is 0 Å². The third-order valence-electron chi connectivity index (χ3n) is 6.31. The number of piperidine rings is 1. The van der Waals surface area contributed by atoms with Gasteiger partial charge in [0, 0.05) is 44.7 Å². The molecule has 0 aromatic heterocycles. The molecule has 0 aliphatic carbocycles. The Balaban J connectivity index is 1.32. The van der Waals surface area contributed by atoms with Crippen LogP contribution < -0.4 is 10.6 Å². The van der Waals surface area contributed by atoms with Crippen molar-refractivity contribution in [1.82, 2.24) is 20.4 Å². The number of nitrogens with zero attached hydrogens (tertiary/aromatic N) is 2. The quantitative estimate of drug-likeness (QED) is 0.617. The average Bonchev–Trinajstić information content (AvgIpc) is 3.22. The Morgan fingerprint density at radius 2 is 1.81 bits per heavy atom. The zero-order valence-corrected chi connectivity index (χ0v) is 17.0. The predicted octanol–water partition coefficient (Wildman–Crippen LogP) is 1.14. The van der Waals surface area contributed by atoms with Crippen molar-refractivity contribution in [3.63, 3.8) is 0 Å². The van der Waals surface area contributed by atoms with Gasteiger partial charge in [0.2, 0.25) is 0 Å². The summed E-state index contributed by atoms with van der Waals surface area (Å²) < 4.78 is 11.1. The molecule has 156 valence electrons. The summed E-state index contributed by atoms with van der Waals surface area (Å²) in [5.41, 5.74) is 0. The summed E-state index contributed by atoms with van der Waals surface area (Å²) in [5.74, 6) is 1.37. The predicted molar refractivity (Wildman–Crippen MR) is 106 cm³/mol. The van der Waals surface area contributed by atoms with Crippen molar-refractivity contribution in [1.29, 1.82) is 0 Å². The molecular formula is C20H38N4O3. The minimum Gasteiger partial charge on any atom is -0.381 e. The second-order valence-electron chi connectivity index (χ2n) is 8.35. The van der Waals surface area contributed by atoms with Gasteiger partial charge in [-0.1, -0.05) is 6.92 Å². The number of nitrogens with one attached hydrogen (secondary N) is 2. The fourth-order valence-corrected chi connectivity index (χ4v) is 4.41. The van der Waals surface area contributed by atoms with Crippen LogP contribution in [0.4, 0.5) is 4.79 Å². The number of ether oxygens (including phenoxy) is 2. The van der Waals surface area contributed by atoms with E-state index in [2.05, 4.69) is 27.4 Å². The van der Waals surface area contributed by atoms with Gasteiger partial charge in [0.15, 0.2) is 0 Å². The third kappa shape index (κ3) is 6.89. The number of carbonyl (C=O) groups excluding carboxylic acids is 1. The van der Waals surface area contributed by atoms with E-state index in [4.69, 9.17) is 9.47 Å². The van der Waals surface area contributed by atoms with E-state index in [9.17, 15) is 4.79 Å². The molecule has 3 aliphatic heterocycles. The summed E-state index contributed by atoms with van der Waals surface area (Å²) in [7, 11) is 0.